The smallest absolute Gasteiger partial charge is 0.309 e. The van der Waals surface area contributed by atoms with E-state index in [4.69, 9.17) is 0 Å². The van der Waals surface area contributed by atoms with Gasteiger partial charge in [-0.1, -0.05) is 34.6 Å². The van der Waals surface area contributed by atoms with Crippen LogP contribution in [0.4, 0.5) is 0 Å². The second kappa shape index (κ2) is 9.19. The summed E-state index contributed by atoms with van der Waals surface area (Å²) in [4.78, 5) is 64.8. The Balaban J connectivity index is 1.73. The summed E-state index contributed by atoms with van der Waals surface area (Å²) < 4.78 is 0. The molecule has 0 spiro atoms. The van der Waals surface area contributed by atoms with Gasteiger partial charge < -0.3 is 15.3 Å². The molecule has 8 nitrogen and oxygen atoms in total. The van der Waals surface area contributed by atoms with Crippen molar-refractivity contribution >= 4 is 29.1 Å². The van der Waals surface area contributed by atoms with Crippen molar-refractivity contribution in [1.82, 2.24) is 0 Å². The molecule has 2 fully saturated rings. The lowest BCUT2D eigenvalue weighted by molar-refractivity contribution is -0.147. The van der Waals surface area contributed by atoms with E-state index in [9.17, 15) is 39.3 Å². The van der Waals surface area contributed by atoms with Crippen LogP contribution in [0.15, 0.2) is 11.1 Å². The summed E-state index contributed by atoms with van der Waals surface area (Å²) >= 11 is 0. The van der Waals surface area contributed by atoms with Crippen molar-refractivity contribution in [2.24, 2.45) is 45.3 Å². The third-order valence-corrected chi connectivity index (χ3v) is 11.4. The predicted octanol–water partition coefficient (Wildman–Crippen LogP) is 3.31. The Morgan fingerprint density at radius 1 is 1.03 bits per heavy atom. The number of fused-ring (bicyclic) bond motifs is 4. The van der Waals surface area contributed by atoms with Gasteiger partial charge in [0.1, 0.15) is 17.3 Å². The van der Waals surface area contributed by atoms with Crippen LogP contribution in [0.2, 0.25) is 0 Å². The number of carbonyl (C=O) groups is 5. The van der Waals surface area contributed by atoms with Crippen LogP contribution in [0.5, 0.6) is 0 Å². The van der Waals surface area contributed by atoms with E-state index in [1.165, 1.54) is 0 Å². The summed E-state index contributed by atoms with van der Waals surface area (Å²) in [6.45, 7) is 10.8. The van der Waals surface area contributed by atoms with E-state index < -0.39 is 46.3 Å². The lowest BCUT2D eigenvalue weighted by Crippen LogP contribution is -2.60. The first-order valence-electron chi connectivity index (χ1n) is 13.8. The minimum absolute atomic E-state index is 0.0460. The molecule has 3 N–H and O–H groups in total. The maximum Gasteiger partial charge on any atom is 0.309 e. The lowest BCUT2D eigenvalue weighted by Gasteiger charge is -2.60. The fourth-order valence-electron chi connectivity index (χ4n) is 9.01. The molecule has 0 saturated heterocycles. The van der Waals surface area contributed by atoms with Crippen LogP contribution in [-0.2, 0) is 24.0 Å². The van der Waals surface area contributed by atoms with Crippen molar-refractivity contribution < 1.29 is 39.3 Å². The van der Waals surface area contributed by atoms with Crippen LogP contribution in [0.25, 0.3) is 0 Å². The first kappa shape index (κ1) is 28.8. The Morgan fingerprint density at radius 3 is 2.24 bits per heavy atom. The number of aliphatic hydroxyl groups excluding tert-OH is 2. The highest BCUT2D eigenvalue weighted by atomic mass is 16.4. The summed E-state index contributed by atoms with van der Waals surface area (Å²) in [6.07, 6.45) is 0.230. The van der Waals surface area contributed by atoms with Crippen LogP contribution in [0.1, 0.15) is 86.5 Å². The van der Waals surface area contributed by atoms with Gasteiger partial charge in [-0.15, -0.1) is 0 Å². The number of carbonyl (C=O) groups excluding carboxylic acids is 4. The Bertz CT molecular complexity index is 1130. The predicted molar refractivity (Wildman–Crippen MR) is 138 cm³/mol. The molecule has 0 bridgehead atoms. The van der Waals surface area contributed by atoms with Gasteiger partial charge >= 0.3 is 5.97 Å². The van der Waals surface area contributed by atoms with E-state index in [-0.39, 0.29) is 66.6 Å². The molecule has 0 aromatic heterocycles. The van der Waals surface area contributed by atoms with Crippen LogP contribution in [-0.4, -0.2) is 57.1 Å². The molecule has 0 aromatic rings. The number of aliphatic carboxylic acids is 1. The van der Waals surface area contributed by atoms with E-state index in [1.807, 2.05) is 41.5 Å². The number of carboxylic acid groups (broad SMARTS) is 1. The second-order valence-corrected chi connectivity index (χ2v) is 13.7. The van der Waals surface area contributed by atoms with Crippen LogP contribution in [0, 0.1) is 45.3 Å². The first-order valence-corrected chi connectivity index (χ1v) is 13.8. The summed E-state index contributed by atoms with van der Waals surface area (Å²) in [5.41, 5.74) is -2.11. The van der Waals surface area contributed by atoms with Crippen LogP contribution >= 0.6 is 0 Å². The van der Waals surface area contributed by atoms with E-state index in [0.29, 0.717) is 30.4 Å². The van der Waals surface area contributed by atoms with Crippen molar-refractivity contribution in [2.75, 3.05) is 6.61 Å². The number of Topliss-reactive ketones (excluding diaryl/α,β-unsaturated/α-hetero) is 4. The van der Waals surface area contributed by atoms with Gasteiger partial charge in [-0.2, -0.15) is 0 Å². The molecule has 2 unspecified atom stereocenters. The van der Waals surface area contributed by atoms with Crippen LogP contribution in [0.3, 0.4) is 0 Å². The number of carboxylic acids is 1. The number of aliphatic hydroxyl groups is 2. The van der Waals surface area contributed by atoms with Gasteiger partial charge in [0.25, 0.3) is 0 Å². The molecule has 38 heavy (non-hydrogen) atoms. The molecule has 4 rings (SSSR count). The molecule has 0 heterocycles. The van der Waals surface area contributed by atoms with Gasteiger partial charge in [-0.3, -0.25) is 24.0 Å². The maximum absolute atomic E-state index is 14.0. The van der Waals surface area contributed by atoms with Gasteiger partial charge in [-0.25, -0.2) is 0 Å². The molecule has 0 aliphatic heterocycles. The Hall–Kier alpha value is -2.19. The Kier molecular flexibility index (Phi) is 6.97. The van der Waals surface area contributed by atoms with E-state index >= 15 is 0 Å². The molecular formula is C30H42O8. The average Bonchev–Trinajstić information content (AvgIpc) is 3.02. The average molecular weight is 531 g/mol. The summed E-state index contributed by atoms with van der Waals surface area (Å²) in [6, 6.07) is 0. The van der Waals surface area contributed by atoms with Gasteiger partial charge in [0.15, 0.2) is 5.78 Å². The summed E-state index contributed by atoms with van der Waals surface area (Å²) in [5.74, 6) is -3.49. The molecule has 210 valence electrons. The molecule has 2 saturated carbocycles. The molecule has 0 aromatic carbocycles. The van der Waals surface area contributed by atoms with Crippen molar-refractivity contribution in [3.8, 4) is 0 Å². The Morgan fingerprint density at radius 2 is 1.66 bits per heavy atom. The van der Waals surface area contributed by atoms with E-state index in [1.54, 1.807) is 0 Å². The highest BCUT2D eigenvalue weighted by Crippen LogP contribution is 2.70. The molecule has 8 atom stereocenters. The SMILES string of the molecule is CC(CC(=O)CC(CO)C(=O)O)[C@H]1CC(=O)[C@@]2(C)C3=C(C(=O)C[C@]12C)[C@@]1(C)CCC(=O)C(C)(C)[C@@H]1C[C@@H]3O. The fraction of sp³-hybridized carbons (Fsp3) is 0.767. The lowest BCUT2D eigenvalue weighted by atomic mass is 9.42. The third kappa shape index (κ3) is 3.80. The molecular weight excluding hydrogens is 488 g/mol. The molecule has 0 amide bonds. The topological polar surface area (TPSA) is 146 Å². The number of rotatable bonds is 7. The number of hydrogen-bond acceptors (Lipinski definition) is 7. The zero-order valence-corrected chi connectivity index (χ0v) is 23.4. The van der Waals surface area contributed by atoms with Gasteiger partial charge in [0.05, 0.1) is 24.0 Å². The molecule has 8 heteroatoms. The summed E-state index contributed by atoms with van der Waals surface area (Å²) in [5, 5.41) is 30.1. The summed E-state index contributed by atoms with van der Waals surface area (Å²) in [7, 11) is 0. The molecule has 4 aliphatic rings. The maximum atomic E-state index is 14.0. The molecule has 4 aliphatic carbocycles. The van der Waals surface area contributed by atoms with Crippen molar-refractivity contribution in [2.45, 2.75) is 92.6 Å². The van der Waals surface area contributed by atoms with E-state index in [0.717, 1.165) is 0 Å². The minimum atomic E-state index is -1.23. The van der Waals surface area contributed by atoms with Gasteiger partial charge in [0.2, 0.25) is 0 Å². The number of allylic oxidation sites excluding steroid dienone is 1. The van der Waals surface area contributed by atoms with Crippen molar-refractivity contribution in [3.63, 3.8) is 0 Å². The second-order valence-electron chi connectivity index (χ2n) is 13.7. The number of ketones is 4. The third-order valence-electron chi connectivity index (χ3n) is 11.4. The van der Waals surface area contributed by atoms with Crippen molar-refractivity contribution in [1.29, 1.82) is 0 Å². The molecule has 0 radical (unpaired) electrons. The van der Waals surface area contributed by atoms with Crippen LogP contribution < -0.4 is 0 Å². The first-order chi connectivity index (χ1) is 17.5. The standard InChI is InChI=1S/C30H42O8/c1-15(9-17(32)10-16(14-31)26(37)38)18-11-23(36)30(6)25-19(33)12-21-27(2,3)22(35)7-8-28(21,4)24(25)20(34)13-29(18,30)5/h15-16,18-19,21,31,33H,7-14H2,1-6H3,(H,37,38)/t15?,16?,18-,19+,21+,28+,29-,30+/m1/s1. The van der Waals surface area contributed by atoms with Gasteiger partial charge in [-0.05, 0) is 48.5 Å². The highest BCUT2D eigenvalue weighted by molar-refractivity contribution is 6.05. The van der Waals surface area contributed by atoms with Gasteiger partial charge in [0, 0.05) is 48.5 Å². The largest absolute Gasteiger partial charge is 0.481 e. The van der Waals surface area contributed by atoms with E-state index in [2.05, 4.69) is 0 Å². The zero-order valence-electron chi connectivity index (χ0n) is 23.4. The zero-order chi connectivity index (χ0) is 28.6. The monoisotopic (exact) mass is 530 g/mol. The Labute approximate surface area is 224 Å². The highest BCUT2D eigenvalue weighted by Gasteiger charge is 2.70. The minimum Gasteiger partial charge on any atom is -0.481 e. The quantitative estimate of drug-likeness (QED) is 0.454. The normalized spacial score (nSPS) is 39.8. The van der Waals surface area contributed by atoms with Crippen molar-refractivity contribution in [3.05, 3.63) is 11.1 Å². The fourth-order valence-corrected chi connectivity index (χ4v) is 9.01. The number of hydrogen-bond donors (Lipinski definition) is 3.